The lowest BCUT2D eigenvalue weighted by Gasteiger charge is -2.39. The number of methoxy groups -OCH3 is 1. The third-order valence-electron chi connectivity index (χ3n) is 8.60. The molecule has 0 saturated carbocycles. The van der Waals surface area contributed by atoms with Gasteiger partial charge >= 0.3 is 0 Å². The molecule has 0 aliphatic carbocycles. The molecule has 5 rings (SSSR count). The summed E-state index contributed by atoms with van der Waals surface area (Å²) in [6.07, 6.45) is 4.72. The number of carbonyl (C=O) groups excluding carboxylic acids is 3. The van der Waals surface area contributed by atoms with Gasteiger partial charge in [0.05, 0.1) is 36.3 Å². The smallest absolute Gasteiger partial charge is 0.251 e. The molecule has 6 atom stereocenters. The second-order valence-electron chi connectivity index (χ2n) is 10.8. The number of rotatable bonds is 11. The number of amides is 3. The molecule has 2 aromatic carbocycles. The maximum atomic E-state index is 14.6. The van der Waals surface area contributed by atoms with E-state index in [1.54, 1.807) is 64.8 Å². The molecule has 8 nitrogen and oxygen atoms in total. The molecule has 3 amide bonds. The van der Waals surface area contributed by atoms with Gasteiger partial charge in [-0.25, -0.2) is 0 Å². The Balaban J connectivity index is 1.56. The van der Waals surface area contributed by atoms with Crippen LogP contribution < -0.4 is 14.5 Å². The van der Waals surface area contributed by atoms with E-state index in [4.69, 9.17) is 4.74 Å². The predicted octanol–water partition coefficient (Wildman–Crippen LogP) is 3.91. The van der Waals surface area contributed by atoms with Gasteiger partial charge in [0.15, 0.2) is 0 Å². The van der Waals surface area contributed by atoms with E-state index in [1.165, 1.54) is 0 Å². The second kappa shape index (κ2) is 11.7. The summed E-state index contributed by atoms with van der Waals surface area (Å²) in [4.78, 5) is 48.1. The summed E-state index contributed by atoms with van der Waals surface area (Å²) in [5, 5.41) is 10.1. The third kappa shape index (κ3) is 4.75. The molecule has 1 N–H and O–H groups in total. The molecule has 1 spiro atoms. The first kappa shape index (κ1) is 29.0. The average molecular weight is 576 g/mol. The van der Waals surface area contributed by atoms with Crippen LogP contribution >= 0.6 is 11.8 Å². The van der Waals surface area contributed by atoms with E-state index in [9.17, 15) is 19.5 Å². The highest BCUT2D eigenvalue weighted by Crippen LogP contribution is 2.67. The molecule has 41 heavy (non-hydrogen) atoms. The largest absolute Gasteiger partial charge is 0.497 e. The highest BCUT2D eigenvalue weighted by Gasteiger charge is 2.74. The van der Waals surface area contributed by atoms with Crippen LogP contribution in [0.2, 0.25) is 0 Å². The number of anilines is 2. The van der Waals surface area contributed by atoms with Gasteiger partial charge < -0.3 is 24.5 Å². The molecule has 9 heteroatoms. The van der Waals surface area contributed by atoms with Crippen LogP contribution in [0.5, 0.6) is 5.75 Å². The van der Waals surface area contributed by atoms with E-state index in [0.29, 0.717) is 24.4 Å². The Bertz CT molecular complexity index is 1320. The minimum Gasteiger partial charge on any atom is -0.497 e. The van der Waals surface area contributed by atoms with Gasteiger partial charge in [-0.1, -0.05) is 30.4 Å². The molecule has 2 unspecified atom stereocenters. The lowest BCUT2D eigenvalue weighted by atomic mass is 9.70. The van der Waals surface area contributed by atoms with E-state index in [1.807, 2.05) is 42.5 Å². The zero-order chi connectivity index (χ0) is 29.3. The van der Waals surface area contributed by atoms with Crippen molar-refractivity contribution in [2.45, 2.75) is 41.8 Å². The summed E-state index contributed by atoms with van der Waals surface area (Å²) in [6, 6.07) is 15.2. The van der Waals surface area contributed by atoms with Gasteiger partial charge in [-0.2, -0.15) is 0 Å². The predicted molar refractivity (Wildman–Crippen MR) is 162 cm³/mol. The van der Waals surface area contributed by atoms with Crippen LogP contribution in [-0.4, -0.2) is 76.6 Å². The van der Waals surface area contributed by atoms with Gasteiger partial charge in [0.25, 0.3) is 5.91 Å². The fraction of sp³-hybridized carbons (Fsp3) is 0.406. The van der Waals surface area contributed by atoms with Gasteiger partial charge in [-0.3, -0.25) is 14.4 Å². The van der Waals surface area contributed by atoms with Crippen molar-refractivity contribution < 1.29 is 24.2 Å². The van der Waals surface area contributed by atoms with Crippen molar-refractivity contribution in [3.63, 3.8) is 0 Å². The first-order chi connectivity index (χ1) is 19.8. The minimum atomic E-state index is -0.832. The highest BCUT2D eigenvalue weighted by molar-refractivity contribution is 8.02. The van der Waals surface area contributed by atoms with Gasteiger partial charge in [-0.05, 0) is 56.2 Å². The zero-order valence-electron chi connectivity index (χ0n) is 23.5. The highest BCUT2D eigenvalue weighted by atomic mass is 32.2. The summed E-state index contributed by atoms with van der Waals surface area (Å²) in [7, 11) is 1.58. The summed E-state index contributed by atoms with van der Waals surface area (Å²) in [5.41, 5.74) is 1.40. The van der Waals surface area contributed by atoms with E-state index in [2.05, 4.69) is 13.2 Å². The topological polar surface area (TPSA) is 90.4 Å². The third-order valence-corrected chi connectivity index (χ3v) is 10.6. The number of benzene rings is 2. The molecule has 2 bridgehead atoms. The quantitative estimate of drug-likeness (QED) is 0.409. The van der Waals surface area contributed by atoms with Gasteiger partial charge in [-0.15, -0.1) is 24.9 Å². The molecule has 3 fully saturated rings. The van der Waals surface area contributed by atoms with Crippen molar-refractivity contribution in [2.24, 2.45) is 11.8 Å². The molecular weight excluding hydrogens is 538 g/mol. The number of fused-ring (bicyclic) bond motifs is 1. The Labute approximate surface area is 245 Å². The van der Waals surface area contributed by atoms with Crippen LogP contribution in [0.25, 0.3) is 0 Å². The number of ether oxygens (including phenoxy) is 1. The lowest BCUT2D eigenvalue weighted by Crippen LogP contribution is -2.57. The van der Waals surface area contributed by atoms with Gasteiger partial charge in [0, 0.05) is 29.7 Å². The fourth-order valence-corrected chi connectivity index (χ4v) is 9.01. The van der Waals surface area contributed by atoms with Crippen LogP contribution in [0.4, 0.5) is 11.4 Å². The van der Waals surface area contributed by atoms with Gasteiger partial charge in [0.1, 0.15) is 11.8 Å². The average Bonchev–Trinajstić information content (AvgIpc) is 3.65. The maximum absolute atomic E-state index is 14.6. The van der Waals surface area contributed by atoms with Crippen molar-refractivity contribution in [1.82, 2.24) is 4.90 Å². The number of nitrogens with zero attached hydrogens (tertiary/aromatic N) is 3. The van der Waals surface area contributed by atoms with Crippen molar-refractivity contribution in [1.29, 1.82) is 0 Å². The SMILES string of the molecule is C=CCN(C(=O)C1N([C@H](C)CO)C(=O)[C@@H]2[C@H](C(=O)N(CC=C)c3ccccc3)[C@@H]3CCC12S3)c1ccc(OC)cc1. The molecule has 216 valence electrons. The van der Waals surface area contributed by atoms with Crippen molar-refractivity contribution in [3.8, 4) is 5.75 Å². The first-order valence-electron chi connectivity index (χ1n) is 14.0. The number of thioether (sulfide) groups is 1. The van der Waals surface area contributed by atoms with Crippen LogP contribution in [0.1, 0.15) is 19.8 Å². The molecule has 3 aliphatic rings. The molecule has 2 aromatic rings. The number of aliphatic hydroxyl groups is 1. The van der Waals surface area contributed by atoms with E-state index < -0.39 is 28.7 Å². The molecule has 3 aliphatic heterocycles. The monoisotopic (exact) mass is 575 g/mol. The number of hydrogen-bond acceptors (Lipinski definition) is 6. The summed E-state index contributed by atoms with van der Waals surface area (Å²) in [6.45, 7) is 9.74. The molecule has 0 radical (unpaired) electrons. The molecule has 3 saturated heterocycles. The minimum absolute atomic E-state index is 0.0804. The fourth-order valence-electron chi connectivity index (χ4n) is 6.82. The van der Waals surface area contributed by atoms with E-state index in [0.717, 1.165) is 12.1 Å². The summed E-state index contributed by atoms with van der Waals surface area (Å²) >= 11 is 1.61. The number of likely N-dealkylation sites (tertiary alicyclic amines) is 1. The number of para-hydroxylation sites is 1. The van der Waals surface area contributed by atoms with E-state index >= 15 is 0 Å². The van der Waals surface area contributed by atoms with Crippen LogP contribution in [0.15, 0.2) is 79.9 Å². The number of aliphatic hydroxyl groups excluding tert-OH is 1. The van der Waals surface area contributed by atoms with Crippen molar-refractivity contribution in [2.75, 3.05) is 36.6 Å². The second-order valence-corrected chi connectivity index (χ2v) is 12.4. The normalized spacial score (nSPS) is 26.8. The maximum Gasteiger partial charge on any atom is 0.251 e. The van der Waals surface area contributed by atoms with Gasteiger partial charge in [0.2, 0.25) is 11.8 Å². The van der Waals surface area contributed by atoms with Crippen molar-refractivity contribution in [3.05, 3.63) is 79.9 Å². The first-order valence-corrected chi connectivity index (χ1v) is 14.8. The zero-order valence-corrected chi connectivity index (χ0v) is 24.3. The molecule has 0 aromatic heterocycles. The summed E-state index contributed by atoms with van der Waals surface area (Å²) < 4.78 is 4.52. The van der Waals surface area contributed by atoms with Crippen molar-refractivity contribution >= 4 is 40.9 Å². The van der Waals surface area contributed by atoms with E-state index in [-0.39, 0.29) is 36.1 Å². The standard InChI is InChI=1S/C32H37N3O5S/c1-5-18-33(22-10-8-7-9-11-22)29(37)26-25-16-17-32(41-25)27(26)30(38)35(21(3)20-36)28(32)31(39)34(19-6-2)23-12-14-24(40-4)15-13-23/h5-15,21,25-28,36H,1-2,16-20H2,3-4H3/t21-,25+,26-,27+,28?,32?/m1/s1. The Morgan fingerprint density at radius 2 is 1.68 bits per heavy atom. The Kier molecular flexibility index (Phi) is 8.29. The Hall–Kier alpha value is -3.56. The number of carbonyl (C=O) groups is 3. The number of hydrogen-bond donors (Lipinski definition) is 1. The van der Waals surface area contributed by atoms with Crippen LogP contribution in [0, 0.1) is 11.8 Å². The Morgan fingerprint density at radius 1 is 1.07 bits per heavy atom. The lowest BCUT2D eigenvalue weighted by molar-refractivity contribution is -0.141. The summed E-state index contributed by atoms with van der Waals surface area (Å²) in [5.74, 6) is -1.19. The molecular formula is C32H37N3O5S. The molecule has 3 heterocycles. The van der Waals surface area contributed by atoms with Crippen LogP contribution in [0.3, 0.4) is 0 Å². The Morgan fingerprint density at radius 3 is 2.27 bits per heavy atom. The van der Waals surface area contributed by atoms with Crippen LogP contribution in [-0.2, 0) is 14.4 Å².